The van der Waals surface area contributed by atoms with E-state index >= 15 is 0 Å². The highest BCUT2D eigenvalue weighted by atomic mass is 35.5. The van der Waals surface area contributed by atoms with Gasteiger partial charge in [-0.2, -0.15) is 23.5 Å². The molecule has 0 saturated carbocycles. The van der Waals surface area contributed by atoms with Crippen molar-refractivity contribution in [3.63, 3.8) is 0 Å². The van der Waals surface area contributed by atoms with Gasteiger partial charge in [-0.15, -0.1) is 5.11 Å². The molecular weight excluding hydrogens is 571 g/mol. The number of halogens is 4. The van der Waals surface area contributed by atoms with Gasteiger partial charge in [0.25, 0.3) is 5.91 Å². The van der Waals surface area contributed by atoms with Crippen molar-refractivity contribution in [2.75, 3.05) is 20.6 Å². The average molecular weight is 596 g/mol. The van der Waals surface area contributed by atoms with Crippen LogP contribution < -0.4 is 10.9 Å². The second-order valence-corrected chi connectivity index (χ2v) is 10.3. The molecule has 0 saturated heterocycles. The Morgan fingerprint density at radius 1 is 1.05 bits per heavy atom. The average Bonchev–Trinajstić information content (AvgIpc) is 2.94. The topological polar surface area (TPSA) is 123 Å². The zero-order chi connectivity index (χ0) is 30.7. The van der Waals surface area contributed by atoms with Crippen molar-refractivity contribution in [1.29, 1.82) is 5.26 Å². The molecule has 2 heterocycles. The summed E-state index contributed by atoms with van der Waals surface area (Å²) in [7, 11) is 3.40. The number of amides is 2. The first kappa shape index (κ1) is 30.5. The number of azo groups is 1. The van der Waals surface area contributed by atoms with Crippen molar-refractivity contribution in [1.82, 2.24) is 20.7 Å². The molecule has 3 aromatic rings. The van der Waals surface area contributed by atoms with Crippen molar-refractivity contribution in [3.8, 4) is 6.07 Å². The molecule has 13 heteroatoms. The van der Waals surface area contributed by atoms with Crippen LogP contribution in [0.3, 0.4) is 0 Å². The second kappa shape index (κ2) is 12.2. The number of hydrogen-bond donors (Lipinski definition) is 2. The molecule has 0 aliphatic carbocycles. The maximum Gasteiger partial charge on any atom is 0.433 e. The molecule has 0 bridgehead atoms. The minimum Gasteiger partial charge on any atom is -0.301 e. The molecule has 0 radical (unpaired) electrons. The Hall–Kier alpha value is -4.44. The summed E-state index contributed by atoms with van der Waals surface area (Å²) in [5.74, 6) is -1.13. The molecule has 9 nitrogen and oxygen atoms in total. The van der Waals surface area contributed by atoms with E-state index in [4.69, 9.17) is 11.6 Å². The lowest BCUT2D eigenvalue weighted by atomic mass is 9.81. The maximum atomic E-state index is 13.4. The molecule has 1 unspecified atom stereocenters. The number of alkyl halides is 3. The number of nitrogens with zero attached hydrogens (tertiary/aromatic N) is 5. The van der Waals surface area contributed by atoms with Gasteiger partial charge in [0.1, 0.15) is 5.69 Å². The van der Waals surface area contributed by atoms with Crippen molar-refractivity contribution in [3.05, 3.63) is 99.3 Å². The number of nitrogens with one attached hydrogen (secondary N) is 2. The van der Waals surface area contributed by atoms with Gasteiger partial charge in [-0.3, -0.25) is 15.0 Å². The highest BCUT2D eigenvalue weighted by molar-refractivity contribution is 6.31. The van der Waals surface area contributed by atoms with Crippen LogP contribution in [0.25, 0.3) is 11.1 Å². The summed E-state index contributed by atoms with van der Waals surface area (Å²) in [6.45, 7) is 1.43. The third-order valence-electron chi connectivity index (χ3n) is 6.43. The number of pyridine rings is 1. The van der Waals surface area contributed by atoms with Crippen molar-refractivity contribution >= 4 is 34.6 Å². The van der Waals surface area contributed by atoms with Gasteiger partial charge < -0.3 is 4.90 Å². The van der Waals surface area contributed by atoms with Gasteiger partial charge in [0.15, 0.2) is 5.66 Å². The van der Waals surface area contributed by atoms with E-state index in [-0.39, 0.29) is 29.8 Å². The summed E-state index contributed by atoms with van der Waals surface area (Å²) >= 11 is 6.16. The quantitative estimate of drug-likeness (QED) is 0.355. The normalized spacial score (nSPS) is 17.0. The zero-order valence-electron chi connectivity index (χ0n) is 22.8. The lowest BCUT2D eigenvalue weighted by Gasteiger charge is -2.36. The molecule has 42 heavy (non-hydrogen) atoms. The molecule has 0 spiro atoms. The van der Waals surface area contributed by atoms with E-state index in [1.165, 1.54) is 13.0 Å². The van der Waals surface area contributed by atoms with Crippen LogP contribution in [-0.2, 0) is 22.2 Å². The van der Waals surface area contributed by atoms with Crippen LogP contribution in [0.2, 0.25) is 5.02 Å². The van der Waals surface area contributed by atoms with E-state index in [0.29, 0.717) is 27.3 Å². The summed E-state index contributed by atoms with van der Waals surface area (Å²) < 4.78 is 40.1. The van der Waals surface area contributed by atoms with Crippen LogP contribution in [0.1, 0.15) is 33.6 Å². The van der Waals surface area contributed by atoms with Gasteiger partial charge in [-0.05, 0) is 68.0 Å². The zero-order valence-corrected chi connectivity index (χ0v) is 23.5. The molecule has 0 fully saturated rings. The van der Waals surface area contributed by atoms with Crippen LogP contribution >= 0.6 is 11.6 Å². The van der Waals surface area contributed by atoms with Crippen LogP contribution in [0.5, 0.6) is 0 Å². The highest BCUT2D eigenvalue weighted by Crippen LogP contribution is 2.42. The summed E-state index contributed by atoms with van der Waals surface area (Å²) in [6, 6.07) is 17.0. The van der Waals surface area contributed by atoms with Gasteiger partial charge in [0.2, 0.25) is 5.91 Å². The third kappa shape index (κ3) is 6.71. The minimum absolute atomic E-state index is 0.00247. The number of hydrazine groups is 1. The number of aryl methyl sites for hydroxylation is 1. The number of benzene rings is 2. The molecule has 2 aromatic carbocycles. The first-order valence-corrected chi connectivity index (χ1v) is 12.9. The second-order valence-electron chi connectivity index (χ2n) is 9.84. The minimum atomic E-state index is -4.65. The number of carbonyl (C=O) groups is 2. The van der Waals surface area contributed by atoms with Crippen LogP contribution in [-0.4, -0.2) is 48.0 Å². The third-order valence-corrected chi connectivity index (χ3v) is 6.68. The van der Waals surface area contributed by atoms with E-state index in [0.717, 1.165) is 6.07 Å². The Balaban J connectivity index is 1.96. The van der Waals surface area contributed by atoms with Gasteiger partial charge in [0.05, 0.1) is 23.8 Å². The summed E-state index contributed by atoms with van der Waals surface area (Å²) in [6.07, 6.45) is -4.80. The van der Waals surface area contributed by atoms with Crippen molar-refractivity contribution in [2.45, 2.75) is 25.2 Å². The van der Waals surface area contributed by atoms with Crippen LogP contribution in [0.15, 0.2) is 70.9 Å². The fourth-order valence-corrected chi connectivity index (χ4v) is 4.61. The Morgan fingerprint density at radius 2 is 1.69 bits per heavy atom. The highest BCUT2D eigenvalue weighted by Gasteiger charge is 2.44. The molecule has 1 aliphatic heterocycles. The first-order chi connectivity index (χ1) is 19.8. The Morgan fingerprint density at radius 3 is 2.26 bits per heavy atom. The molecule has 1 aromatic heterocycles. The SMILES string of the molecule is Cc1nc(C(F)(F)F)ccc1CC1(NNC(=O)CN(C)C)N=NC(=O)C(c2ccc(C#N)cc2)=C1c1ccc(Cl)cc1. The molecule has 216 valence electrons. The van der Waals surface area contributed by atoms with E-state index in [1.54, 1.807) is 67.5 Å². The number of rotatable bonds is 8. The fourth-order valence-electron chi connectivity index (χ4n) is 4.49. The summed E-state index contributed by atoms with van der Waals surface area (Å²) in [4.78, 5) is 31.5. The lowest BCUT2D eigenvalue weighted by Crippen LogP contribution is -2.57. The van der Waals surface area contributed by atoms with Crippen molar-refractivity contribution in [2.24, 2.45) is 10.2 Å². The smallest absolute Gasteiger partial charge is 0.301 e. The van der Waals surface area contributed by atoms with Gasteiger partial charge >= 0.3 is 6.18 Å². The van der Waals surface area contributed by atoms with E-state index in [2.05, 4.69) is 26.1 Å². The maximum absolute atomic E-state index is 13.4. The number of hydrogen-bond acceptors (Lipinski definition) is 7. The predicted octanol–water partition coefficient (Wildman–Crippen LogP) is 4.96. The number of aromatic nitrogens is 1. The first-order valence-electron chi connectivity index (χ1n) is 12.6. The standard InChI is InChI=1S/C29H25ClF3N7O2/c1-17-21(10-13-23(35-17)29(31,32)33)14-28(38-36-24(41)16-40(2)3)26(20-8-11-22(30)12-9-20)25(27(42)37-39-28)19-6-4-18(15-34)5-7-19/h4-13,38H,14,16H2,1-3H3,(H,36,41). The molecule has 4 rings (SSSR count). The van der Waals surface area contributed by atoms with E-state index in [9.17, 15) is 28.0 Å². The lowest BCUT2D eigenvalue weighted by molar-refractivity contribution is -0.141. The van der Waals surface area contributed by atoms with E-state index < -0.39 is 29.3 Å². The molecule has 1 aliphatic rings. The molecular formula is C29H25ClF3N7O2. The van der Waals surface area contributed by atoms with Crippen LogP contribution in [0, 0.1) is 18.3 Å². The summed E-state index contributed by atoms with van der Waals surface area (Å²) in [5.41, 5.74) is 4.91. The number of carbonyl (C=O) groups excluding carboxylic acids is 2. The molecule has 1 atom stereocenters. The Kier molecular flexibility index (Phi) is 8.86. The van der Waals surface area contributed by atoms with Gasteiger partial charge in [-0.1, -0.05) is 41.9 Å². The number of likely N-dealkylation sites (N-methyl/N-ethyl adjacent to an activating group) is 1. The van der Waals surface area contributed by atoms with Crippen molar-refractivity contribution < 1.29 is 22.8 Å². The molecule has 2 amide bonds. The van der Waals surface area contributed by atoms with Gasteiger partial charge in [0, 0.05) is 22.7 Å². The summed E-state index contributed by atoms with van der Waals surface area (Å²) in [5, 5.41) is 17.9. The Bertz CT molecular complexity index is 1610. The fraction of sp³-hybridized carbons (Fsp3) is 0.241. The predicted molar refractivity (Wildman–Crippen MR) is 150 cm³/mol. The monoisotopic (exact) mass is 595 g/mol. The molecule has 2 N–H and O–H groups in total. The largest absolute Gasteiger partial charge is 0.433 e. The van der Waals surface area contributed by atoms with E-state index in [1.807, 2.05) is 6.07 Å². The Labute approximate surface area is 244 Å². The van der Waals surface area contributed by atoms with Crippen LogP contribution in [0.4, 0.5) is 13.2 Å². The van der Waals surface area contributed by atoms with Gasteiger partial charge in [-0.25, -0.2) is 10.4 Å². The number of nitriles is 1.